The summed E-state index contributed by atoms with van der Waals surface area (Å²) in [7, 11) is 3.12. The van der Waals surface area contributed by atoms with E-state index in [-0.39, 0.29) is 10.7 Å². The Bertz CT molecular complexity index is 1070. The Morgan fingerprint density at radius 2 is 1.71 bits per heavy atom. The highest BCUT2D eigenvalue weighted by molar-refractivity contribution is 9.10. The number of nitrogens with zero attached hydrogens (tertiary/aromatic N) is 2. The molecule has 2 aromatic rings. The number of rotatable bonds is 6. The van der Waals surface area contributed by atoms with Crippen molar-refractivity contribution in [1.29, 1.82) is 0 Å². The first kappa shape index (κ1) is 22.9. The molecule has 1 aliphatic heterocycles. The molecule has 0 bridgehead atoms. The lowest BCUT2D eigenvalue weighted by molar-refractivity contribution is -0.132. The number of hydrogen-bond donors (Lipinski definition) is 0. The SMILES string of the molecule is C=CCc1cc(C=C2C(=O)N(C)C(=S)N(C)C2=O)cc(Br)c1OCc1ccc(C)cc1. The van der Waals surface area contributed by atoms with Crippen LogP contribution in [-0.4, -0.2) is 40.8 Å². The average molecular weight is 499 g/mol. The molecule has 0 aliphatic carbocycles. The molecule has 1 fully saturated rings. The van der Waals surface area contributed by atoms with Crippen molar-refractivity contribution < 1.29 is 14.3 Å². The summed E-state index contributed by atoms with van der Waals surface area (Å²) in [6.45, 7) is 6.30. The number of likely N-dealkylation sites (N-methyl/N-ethyl adjacent to an activating group) is 2. The third-order valence-electron chi connectivity index (χ3n) is 4.97. The standard InChI is InChI=1S/C24H23BrN2O3S/c1-5-6-18-11-17(12-19-22(28)26(3)24(31)27(4)23(19)29)13-20(25)21(18)30-14-16-9-7-15(2)8-10-16/h5,7-13H,1,6,14H2,2-4H3. The van der Waals surface area contributed by atoms with Gasteiger partial charge in [0.05, 0.1) is 4.47 Å². The van der Waals surface area contributed by atoms with Crippen LogP contribution in [0.4, 0.5) is 0 Å². The van der Waals surface area contributed by atoms with E-state index in [9.17, 15) is 9.59 Å². The maximum atomic E-state index is 12.6. The van der Waals surface area contributed by atoms with Crippen LogP contribution in [0.5, 0.6) is 5.75 Å². The highest BCUT2D eigenvalue weighted by atomic mass is 79.9. The van der Waals surface area contributed by atoms with Crippen molar-refractivity contribution >= 4 is 51.2 Å². The number of thiocarbonyl (C=S) groups is 1. The first-order valence-corrected chi connectivity index (χ1v) is 10.9. The minimum atomic E-state index is -0.422. The molecule has 0 unspecified atom stereocenters. The van der Waals surface area contributed by atoms with E-state index in [2.05, 4.69) is 22.5 Å². The molecule has 0 radical (unpaired) electrons. The van der Waals surface area contributed by atoms with E-state index in [1.54, 1.807) is 26.2 Å². The average Bonchev–Trinajstić information content (AvgIpc) is 2.75. The molecule has 31 heavy (non-hydrogen) atoms. The van der Waals surface area contributed by atoms with E-state index in [0.717, 1.165) is 15.6 Å². The predicted molar refractivity (Wildman–Crippen MR) is 130 cm³/mol. The largest absolute Gasteiger partial charge is 0.487 e. The van der Waals surface area contributed by atoms with Gasteiger partial charge in [0, 0.05) is 14.1 Å². The number of benzene rings is 2. The fourth-order valence-electron chi connectivity index (χ4n) is 3.21. The molecular weight excluding hydrogens is 476 g/mol. The third-order valence-corrected chi connectivity index (χ3v) is 6.10. The molecule has 160 valence electrons. The quantitative estimate of drug-likeness (QED) is 0.251. The Balaban J connectivity index is 1.94. The molecule has 3 rings (SSSR count). The minimum absolute atomic E-state index is 0.0587. The summed E-state index contributed by atoms with van der Waals surface area (Å²) in [6, 6.07) is 11.9. The molecule has 0 atom stereocenters. The van der Waals surface area contributed by atoms with Crippen LogP contribution in [0.3, 0.4) is 0 Å². The van der Waals surface area contributed by atoms with Crippen molar-refractivity contribution in [2.75, 3.05) is 14.1 Å². The van der Waals surface area contributed by atoms with E-state index in [4.69, 9.17) is 17.0 Å². The van der Waals surface area contributed by atoms with Gasteiger partial charge in [0.1, 0.15) is 17.9 Å². The summed E-state index contributed by atoms with van der Waals surface area (Å²) >= 11 is 8.72. The topological polar surface area (TPSA) is 49.9 Å². The molecule has 5 nitrogen and oxygen atoms in total. The van der Waals surface area contributed by atoms with Gasteiger partial charge in [0.15, 0.2) is 5.11 Å². The molecule has 7 heteroatoms. The van der Waals surface area contributed by atoms with Gasteiger partial charge in [-0.3, -0.25) is 19.4 Å². The van der Waals surface area contributed by atoms with Gasteiger partial charge in [0.2, 0.25) is 0 Å². The lowest BCUT2D eigenvalue weighted by Crippen LogP contribution is -2.52. The lowest BCUT2D eigenvalue weighted by atomic mass is 10.0. The number of hydrogen-bond acceptors (Lipinski definition) is 4. The van der Waals surface area contributed by atoms with Gasteiger partial charge in [-0.15, -0.1) is 6.58 Å². The Labute approximate surface area is 196 Å². The van der Waals surface area contributed by atoms with Crippen LogP contribution >= 0.6 is 28.1 Å². The second kappa shape index (κ2) is 9.58. The number of halogens is 1. The summed E-state index contributed by atoms with van der Waals surface area (Å²) in [5.41, 5.74) is 3.92. The highest BCUT2D eigenvalue weighted by Gasteiger charge is 2.35. The van der Waals surface area contributed by atoms with Gasteiger partial charge < -0.3 is 4.74 Å². The van der Waals surface area contributed by atoms with Gasteiger partial charge in [-0.1, -0.05) is 35.9 Å². The van der Waals surface area contributed by atoms with Gasteiger partial charge >= 0.3 is 0 Å². The summed E-state index contributed by atoms with van der Waals surface area (Å²) in [6.07, 6.45) is 3.94. The van der Waals surface area contributed by atoms with Crippen molar-refractivity contribution in [3.8, 4) is 5.75 Å². The normalized spacial score (nSPS) is 14.2. The van der Waals surface area contributed by atoms with Gasteiger partial charge in [-0.05, 0) is 76.4 Å². The van der Waals surface area contributed by atoms with E-state index in [1.165, 1.54) is 15.4 Å². The summed E-state index contributed by atoms with van der Waals surface area (Å²) < 4.78 is 6.83. The molecule has 2 aromatic carbocycles. The van der Waals surface area contributed by atoms with Gasteiger partial charge in [0.25, 0.3) is 11.8 Å². The number of ether oxygens (including phenoxy) is 1. The second-order valence-electron chi connectivity index (χ2n) is 7.33. The summed E-state index contributed by atoms with van der Waals surface area (Å²) in [5, 5.41) is 0.181. The highest BCUT2D eigenvalue weighted by Crippen LogP contribution is 2.33. The number of allylic oxidation sites excluding steroid dienone is 1. The first-order chi connectivity index (χ1) is 14.7. The molecule has 0 aromatic heterocycles. The monoisotopic (exact) mass is 498 g/mol. The molecule has 1 heterocycles. The van der Waals surface area contributed by atoms with Crippen molar-refractivity contribution in [2.24, 2.45) is 0 Å². The predicted octanol–water partition coefficient (Wildman–Crippen LogP) is 4.66. The van der Waals surface area contributed by atoms with Crippen molar-refractivity contribution in [1.82, 2.24) is 9.80 Å². The summed E-state index contributed by atoms with van der Waals surface area (Å²) in [5.74, 6) is -0.136. The molecule has 0 saturated carbocycles. The zero-order valence-corrected chi connectivity index (χ0v) is 20.0. The Kier molecular flexibility index (Phi) is 7.08. The van der Waals surface area contributed by atoms with Crippen LogP contribution in [0.2, 0.25) is 0 Å². The number of carbonyl (C=O) groups excluding carboxylic acids is 2. The molecule has 0 N–H and O–H groups in total. The Morgan fingerprint density at radius 1 is 1.10 bits per heavy atom. The minimum Gasteiger partial charge on any atom is -0.487 e. The second-order valence-corrected chi connectivity index (χ2v) is 8.55. The summed E-state index contributed by atoms with van der Waals surface area (Å²) in [4.78, 5) is 27.8. The number of carbonyl (C=O) groups is 2. The van der Waals surface area contributed by atoms with E-state index in [1.807, 2.05) is 43.3 Å². The fraction of sp³-hybridized carbons (Fsp3) is 0.208. The van der Waals surface area contributed by atoms with E-state index < -0.39 is 11.8 Å². The Hall–Kier alpha value is -2.77. The maximum absolute atomic E-state index is 12.6. The first-order valence-electron chi connectivity index (χ1n) is 9.66. The van der Waals surface area contributed by atoms with E-state index >= 15 is 0 Å². The van der Waals surface area contributed by atoms with Gasteiger partial charge in [-0.2, -0.15) is 0 Å². The number of aryl methyl sites for hydroxylation is 1. The van der Waals surface area contributed by atoms with Crippen molar-refractivity contribution in [3.05, 3.63) is 81.4 Å². The third kappa shape index (κ3) is 4.94. The molecule has 2 amide bonds. The fourth-order valence-corrected chi connectivity index (χ4v) is 4.01. The molecular formula is C24H23BrN2O3S. The van der Waals surface area contributed by atoms with Crippen molar-refractivity contribution in [2.45, 2.75) is 20.0 Å². The smallest absolute Gasteiger partial charge is 0.265 e. The molecule has 1 saturated heterocycles. The zero-order chi connectivity index (χ0) is 22.7. The number of amides is 2. The van der Waals surface area contributed by atoms with Crippen molar-refractivity contribution in [3.63, 3.8) is 0 Å². The van der Waals surface area contributed by atoms with Crippen LogP contribution in [0.1, 0.15) is 22.3 Å². The van der Waals surface area contributed by atoms with E-state index in [0.29, 0.717) is 24.3 Å². The lowest BCUT2D eigenvalue weighted by Gasteiger charge is -2.31. The van der Waals surface area contributed by atoms with Crippen LogP contribution in [0, 0.1) is 6.92 Å². The van der Waals surface area contributed by atoms with Crippen LogP contribution < -0.4 is 4.74 Å². The van der Waals surface area contributed by atoms with Crippen LogP contribution in [0.15, 0.2) is 59.1 Å². The van der Waals surface area contributed by atoms with Gasteiger partial charge in [-0.25, -0.2) is 0 Å². The molecule has 0 spiro atoms. The van der Waals surface area contributed by atoms with Crippen LogP contribution in [-0.2, 0) is 22.6 Å². The van der Waals surface area contributed by atoms with Crippen LogP contribution in [0.25, 0.3) is 6.08 Å². The Morgan fingerprint density at radius 3 is 2.29 bits per heavy atom. The maximum Gasteiger partial charge on any atom is 0.265 e. The molecule has 1 aliphatic rings. The zero-order valence-electron chi connectivity index (χ0n) is 17.6.